The van der Waals surface area contributed by atoms with E-state index < -0.39 is 17.3 Å². The van der Waals surface area contributed by atoms with Crippen molar-refractivity contribution in [3.63, 3.8) is 0 Å². The van der Waals surface area contributed by atoms with Gasteiger partial charge in [0, 0.05) is 6.42 Å². The van der Waals surface area contributed by atoms with E-state index in [1.165, 1.54) is 6.07 Å². The standard InChI is InChI=1S/C16H21F3O/c1-11-6-12(2)9-15(20,8-11)10-13-4-3-5-14(7-13)16(17,18)19/h3-5,7,11-12,20H,6,8-10H2,1-2H3. The molecule has 0 bridgehead atoms. The van der Waals surface area contributed by atoms with Crippen molar-refractivity contribution in [1.29, 1.82) is 0 Å². The van der Waals surface area contributed by atoms with E-state index in [9.17, 15) is 18.3 Å². The van der Waals surface area contributed by atoms with Gasteiger partial charge in [-0.2, -0.15) is 13.2 Å². The number of rotatable bonds is 2. The van der Waals surface area contributed by atoms with Crippen molar-refractivity contribution in [3.8, 4) is 0 Å². The van der Waals surface area contributed by atoms with Crippen molar-refractivity contribution in [2.24, 2.45) is 11.8 Å². The molecule has 0 amide bonds. The molecule has 1 N–H and O–H groups in total. The van der Waals surface area contributed by atoms with Gasteiger partial charge in [0.1, 0.15) is 0 Å². The Kier molecular flexibility index (Phi) is 4.14. The van der Waals surface area contributed by atoms with Crippen molar-refractivity contribution in [3.05, 3.63) is 35.4 Å². The molecule has 0 saturated heterocycles. The van der Waals surface area contributed by atoms with Crippen LogP contribution in [-0.2, 0) is 12.6 Å². The van der Waals surface area contributed by atoms with E-state index in [1.807, 2.05) is 0 Å². The molecular weight excluding hydrogens is 265 g/mol. The largest absolute Gasteiger partial charge is 0.416 e. The topological polar surface area (TPSA) is 20.2 Å². The molecule has 4 heteroatoms. The molecule has 0 aliphatic heterocycles. The number of benzene rings is 1. The number of hydrogen-bond acceptors (Lipinski definition) is 1. The van der Waals surface area contributed by atoms with Gasteiger partial charge in [0.2, 0.25) is 0 Å². The molecule has 1 saturated carbocycles. The minimum absolute atomic E-state index is 0.297. The third-order valence-corrected chi connectivity index (χ3v) is 4.05. The van der Waals surface area contributed by atoms with E-state index >= 15 is 0 Å². The summed E-state index contributed by atoms with van der Waals surface area (Å²) >= 11 is 0. The lowest BCUT2D eigenvalue weighted by Gasteiger charge is -2.39. The van der Waals surface area contributed by atoms with Gasteiger partial charge in [0.05, 0.1) is 11.2 Å². The smallest absolute Gasteiger partial charge is 0.390 e. The highest BCUT2D eigenvalue weighted by Gasteiger charge is 2.37. The minimum Gasteiger partial charge on any atom is -0.390 e. The summed E-state index contributed by atoms with van der Waals surface area (Å²) < 4.78 is 38.1. The monoisotopic (exact) mass is 286 g/mol. The molecule has 112 valence electrons. The predicted octanol–water partition coefficient (Wildman–Crippen LogP) is 4.44. The van der Waals surface area contributed by atoms with Crippen LogP contribution in [0.4, 0.5) is 13.2 Å². The Morgan fingerprint density at radius 2 is 1.80 bits per heavy atom. The molecule has 0 aromatic heterocycles. The molecule has 1 aliphatic carbocycles. The van der Waals surface area contributed by atoms with Crippen molar-refractivity contribution in [2.45, 2.75) is 51.3 Å². The van der Waals surface area contributed by atoms with Gasteiger partial charge in [-0.05, 0) is 42.7 Å². The summed E-state index contributed by atoms with van der Waals surface area (Å²) in [6.07, 6.45) is -1.64. The van der Waals surface area contributed by atoms with Crippen LogP contribution in [0.2, 0.25) is 0 Å². The molecule has 1 aliphatic rings. The fourth-order valence-electron chi connectivity index (χ4n) is 3.62. The number of halogens is 3. The van der Waals surface area contributed by atoms with Crippen LogP contribution in [0.3, 0.4) is 0 Å². The maximum Gasteiger partial charge on any atom is 0.416 e. The van der Waals surface area contributed by atoms with Gasteiger partial charge in [0.15, 0.2) is 0 Å². The van der Waals surface area contributed by atoms with Crippen LogP contribution in [0.1, 0.15) is 44.2 Å². The lowest BCUT2D eigenvalue weighted by Crippen LogP contribution is -2.39. The average Bonchev–Trinajstić information content (AvgIpc) is 2.25. The first-order chi connectivity index (χ1) is 9.18. The summed E-state index contributed by atoms with van der Waals surface area (Å²) in [4.78, 5) is 0. The normalized spacial score (nSPS) is 31.3. The second-order valence-corrected chi connectivity index (χ2v) is 6.45. The lowest BCUT2D eigenvalue weighted by molar-refractivity contribution is -0.137. The van der Waals surface area contributed by atoms with Crippen LogP contribution in [0.25, 0.3) is 0 Å². The highest BCUT2D eigenvalue weighted by molar-refractivity contribution is 5.27. The minimum atomic E-state index is -4.33. The van der Waals surface area contributed by atoms with Gasteiger partial charge >= 0.3 is 6.18 Å². The van der Waals surface area contributed by atoms with Crippen molar-refractivity contribution < 1.29 is 18.3 Å². The molecule has 1 aromatic rings. The summed E-state index contributed by atoms with van der Waals surface area (Å²) in [6.45, 7) is 4.18. The van der Waals surface area contributed by atoms with Crippen LogP contribution in [0.15, 0.2) is 24.3 Å². The third kappa shape index (κ3) is 3.75. The molecule has 20 heavy (non-hydrogen) atoms. The number of hydrogen-bond donors (Lipinski definition) is 1. The fraction of sp³-hybridized carbons (Fsp3) is 0.625. The molecule has 0 heterocycles. The molecule has 2 rings (SSSR count). The zero-order valence-electron chi connectivity index (χ0n) is 11.9. The van der Waals surface area contributed by atoms with E-state index in [1.54, 1.807) is 6.07 Å². The van der Waals surface area contributed by atoms with Gasteiger partial charge < -0.3 is 5.11 Å². The maximum atomic E-state index is 12.7. The Bertz CT molecular complexity index is 457. The third-order valence-electron chi connectivity index (χ3n) is 4.05. The van der Waals surface area contributed by atoms with E-state index in [2.05, 4.69) is 13.8 Å². The summed E-state index contributed by atoms with van der Waals surface area (Å²) in [5, 5.41) is 10.7. The Morgan fingerprint density at radius 1 is 1.20 bits per heavy atom. The van der Waals surface area contributed by atoms with Crippen LogP contribution >= 0.6 is 0 Å². The van der Waals surface area contributed by atoms with E-state index in [4.69, 9.17) is 0 Å². The average molecular weight is 286 g/mol. The van der Waals surface area contributed by atoms with Crippen molar-refractivity contribution in [2.75, 3.05) is 0 Å². The Hall–Kier alpha value is -1.03. The number of alkyl halides is 3. The van der Waals surface area contributed by atoms with Crippen LogP contribution in [0, 0.1) is 11.8 Å². The second kappa shape index (κ2) is 5.40. The molecule has 1 fully saturated rings. The molecular formula is C16H21F3O. The molecule has 2 atom stereocenters. The lowest BCUT2D eigenvalue weighted by atomic mass is 9.71. The summed E-state index contributed by atoms with van der Waals surface area (Å²) in [6, 6.07) is 5.30. The van der Waals surface area contributed by atoms with Gasteiger partial charge in [0.25, 0.3) is 0 Å². The first-order valence-corrected chi connectivity index (χ1v) is 7.06. The maximum absolute atomic E-state index is 12.7. The van der Waals surface area contributed by atoms with Gasteiger partial charge in [-0.15, -0.1) is 0 Å². The predicted molar refractivity (Wildman–Crippen MR) is 72.3 cm³/mol. The quantitative estimate of drug-likeness (QED) is 0.852. The highest BCUT2D eigenvalue weighted by Crippen LogP contribution is 2.38. The zero-order chi connectivity index (χ0) is 15.0. The Morgan fingerprint density at radius 3 is 2.35 bits per heavy atom. The van der Waals surface area contributed by atoms with E-state index in [-0.39, 0.29) is 0 Å². The van der Waals surface area contributed by atoms with Gasteiger partial charge in [-0.3, -0.25) is 0 Å². The van der Waals surface area contributed by atoms with Crippen molar-refractivity contribution in [1.82, 2.24) is 0 Å². The van der Waals surface area contributed by atoms with Crippen LogP contribution < -0.4 is 0 Å². The first kappa shape index (κ1) is 15.4. The first-order valence-electron chi connectivity index (χ1n) is 7.06. The molecule has 1 nitrogen and oxygen atoms in total. The highest BCUT2D eigenvalue weighted by atomic mass is 19.4. The molecule has 2 unspecified atom stereocenters. The molecule has 1 aromatic carbocycles. The summed E-state index contributed by atoms with van der Waals surface area (Å²) in [5.41, 5.74) is -0.958. The fourth-order valence-corrected chi connectivity index (χ4v) is 3.62. The van der Waals surface area contributed by atoms with Crippen LogP contribution in [0.5, 0.6) is 0 Å². The zero-order valence-corrected chi connectivity index (χ0v) is 11.9. The summed E-state index contributed by atoms with van der Waals surface area (Å²) in [5.74, 6) is 0.823. The SMILES string of the molecule is CC1CC(C)CC(O)(Cc2cccc(C(F)(F)F)c2)C1. The van der Waals surface area contributed by atoms with Gasteiger partial charge in [-0.1, -0.05) is 32.0 Å². The van der Waals surface area contributed by atoms with E-state index in [0.29, 0.717) is 36.7 Å². The summed E-state index contributed by atoms with van der Waals surface area (Å²) in [7, 11) is 0. The molecule has 0 spiro atoms. The van der Waals surface area contributed by atoms with Gasteiger partial charge in [-0.25, -0.2) is 0 Å². The Balaban J connectivity index is 2.17. The second-order valence-electron chi connectivity index (χ2n) is 6.45. The molecule has 0 radical (unpaired) electrons. The van der Waals surface area contributed by atoms with E-state index in [0.717, 1.165) is 18.6 Å². The Labute approximate surface area is 117 Å². The number of aliphatic hydroxyl groups is 1. The van der Waals surface area contributed by atoms with Crippen LogP contribution in [-0.4, -0.2) is 10.7 Å². The van der Waals surface area contributed by atoms with Crippen molar-refractivity contribution >= 4 is 0 Å².